The van der Waals surface area contributed by atoms with Gasteiger partial charge in [0, 0.05) is 6.54 Å². The first-order valence-electron chi connectivity index (χ1n) is 8.90. The van der Waals surface area contributed by atoms with Crippen LogP contribution in [-0.4, -0.2) is 34.8 Å². The van der Waals surface area contributed by atoms with E-state index >= 15 is 0 Å². The first-order chi connectivity index (χ1) is 13.9. The molecule has 0 saturated carbocycles. The lowest BCUT2D eigenvalue weighted by molar-refractivity contribution is -0.133. The molecule has 6 nitrogen and oxygen atoms in total. The highest BCUT2D eigenvalue weighted by Gasteiger charge is 2.21. The summed E-state index contributed by atoms with van der Waals surface area (Å²) in [5, 5.41) is 5.27. The van der Waals surface area contributed by atoms with Crippen molar-refractivity contribution in [1.82, 2.24) is 9.88 Å². The minimum atomic E-state index is -0.383. The Balaban J connectivity index is 1.65. The number of likely N-dealkylation sites (N-methyl/N-ethyl adjacent to an activating group) is 1. The van der Waals surface area contributed by atoms with Gasteiger partial charge < -0.3 is 14.6 Å². The van der Waals surface area contributed by atoms with Crippen molar-refractivity contribution in [2.75, 3.05) is 18.4 Å². The number of hydrogen-bond acceptors (Lipinski definition) is 5. The summed E-state index contributed by atoms with van der Waals surface area (Å²) in [6.07, 6.45) is 0.0503. The molecule has 152 valence electrons. The number of anilines is 1. The van der Waals surface area contributed by atoms with Gasteiger partial charge in [0.15, 0.2) is 0 Å². The highest BCUT2D eigenvalue weighted by molar-refractivity contribution is 7.13. The van der Waals surface area contributed by atoms with Crippen molar-refractivity contribution < 1.29 is 14.0 Å². The fourth-order valence-corrected chi connectivity index (χ4v) is 3.84. The molecule has 3 aromatic rings. The number of halogens is 2. The monoisotopic (exact) mass is 451 g/mol. The molecular formula is C20H19Cl2N3O3S. The number of carbonyl (C=O) groups excluding carboxylic acids is 2. The third-order valence-electron chi connectivity index (χ3n) is 4.24. The van der Waals surface area contributed by atoms with E-state index in [0.29, 0.717) is 39.6 Å². The quantitative estimate of drug-likeness (QED) is 0.545. The number of oxazole rings is 1. The van der Waals surface area contributed by atoms with Crippen LogP contribution in [0.5, 0.6) is 0 Å². The third kappa shape index (κ3) is 5.18. The molecule has 0 unspecified atom stereocenters. The van der Waals surface area contributed by atoms with Crippen LogP contribution in [0.15, 0.2) is 40.1 Å². The smallest absolute Gasteiger partial charge is 0.244 e. The van der Waals surface area contributed by atoms with Crippen molar-refractivity contribution in [3.8, 4) is 10.8 Å². The van der Waals surface area contributed by atoms with Gasteiger partial charge in [0.25, 0.3) is 0 Å². The molecule has 0 spiro atoms. The summed E-state index contributed by atoms with van der Waals surface area (Å²) in [7, 11) is 0. The van der Waals surface area contributed by atoms with Crippen molar-refractivity contribution in [2.24, 2.45) is 0 Å². The zero-order valence-corrected chi connectivity index (χ0v) is 18.2. The first-order valence-corrected chi connectivity index (χ1v) is 10.5. The van der Waals surface area contributed by atoms with Gasteiger partial charge in [0.05, 0.1) is 39.3 Å². The molecule has 0 aliphatic heterocycles. The van der Waals surface area contributed by atoms with Gasteiger partial charge in [-0.05, 0) is 37.4 Å². The number of rotatable bonds is 7. The maximum Gasteiger partial charge on any atom is 0.244 e. The summed E-state index contributed by atoms with van der Waals surface area (Å²) in [5.74, 6) is 0.480. The van der Waals surface area contributed by atoms with Crippen LogP contribution in [0.4, 0.5) is 5.69 Å². The van der Waals surface area contributed by atoms with E-state index in [-0.39, 0.29) is 24.8 Å². The van der Waals surface area contributed by atoms with E-state index in [0.717, 1.165) is 4.88 Å². The number of benzene rings is 1. The summed E-state index contributed by atoms with van der Waals surface area (Å²) in [5.41, 5.74) is 0.892. The van der Waals surface area contributed by atoms with Gasteiger partial charge in [-0.3, -0.25) is 9.59 Å². The predicted octanol–water partition coefficient (Wildman–Crippen LogP) is 5.05. The normalized spacial score (nSPS) is 10.8. The molecule has 0 bridgehead atoms. The van der Waals surface area contributed by atoms with Crippen LogP contribution in [0.1, 0.15) is 18.4 Å². The Labute approximate surface area is 182 Å². The van der Waals surface area contributed by atoms with Crippen molar-refractivity contribution in [3.05, 3.63) is 57.2 Å². The van der Waals surface area contributed by atoms with Gasteiger partial charge in [-0.1, -0.05) is 35.3 Å². The largest absolute Gasteiger partial charge is 0.440 e. The number of hydrogen-bond donors (Lipinski definition) is 1. The van der Waals surface area contributed by atoms with Crippen molar-refractivity contribution in [2.45, 2.75) is 20.3 Å². The minimum Gasteiger partial charge on any atom is -0.440 e. The molecule has 0 radical (unpaired) electrons. The number of nitrogens with one attached hydrogen (secondary N) is 1. The molecule has 1 N–H and O–H groups in total. The second kappa shape index (κ2) is 9.43. The molecule has 0 atom stereocenters. The first kappa shape index (κ1) is 21.4. The molecule has 1 aromatic carbocycles. The second-order valence-electron chi connectivity index (χ2n) is 6.23. The van der Waals surface area contributed by atoms with Crippen LogP contribution in [-0.2, 0) is 16.0 Å². The lowest BCUT2D eigenvalue weighted by Gasteiger charge is -2.20. The molecule has 0 aliphatic carbocycles. The SMILES string of the molecule is CCN(CC(=O)Nc1c(Cl)cccc1Cl)C(=O)Cc1nc(-c2cccs2)oc1C. The van der Waals surface area contributed by atoms with Gasteiger partial charge in [0.2, 0.25) is 17.7 Å². The van der Waals surface area contributed by atoms with Crippen LogP contribution in [0.3, 0.4) is 0 Å². The minimum absolute atomic E-state index is 0.0503. The second-order valence-corrected chi connectivity index (χ2v) is 7.99. The average molecular weight is 452 g/mol. The van der Waals surface area contributed by atoms with Gasteiger partial charge in [-0.2, -0.15) is 0 Å². The maximum absolute atomic E-state index is 12.7. The molecule has 9 heteroatoms. The Morgan fingerprint density at radius 3 is 2.55 bits per heavy atom. The molecule has 0 saturated heterocycles. The molecule has 2 heterocycles. The van der Waals surface area contributed by atoms with E-state index in [1.54, 1.807) is 32.0 Å². The molecule has 2 amide bonds. The van der Waals surface area contributed by atoms with Crippen molar-refractivity contribution >= 4 is 52.0 Å². The highest BCUT2D eigenvalue weighted by Crippen LogP contribution is 2.30. The van der Waals surface area contributed by atoms with Gasteiger partial charge in [-0.15, -0.1) is 11.3 Å². The van der Waals surface area contributed by atoms with E-state index in [1.807, 2.05) is 17.5 Å². The summed E-state index contributed by atoms with van der Waals surface area (Å²) in [6, 6.07) is 8.76. The lowest BCUT2D eigenvalue weighted by Crippen LogP contribution is -2.38. The number of nitrogens with zero attached hydrogens (tertiary/aromatic N) is 2. The Bertz CT molecular complexity index is 998. The van der Waals surface area contributed by atoms with Gasteiger partial charge in [-0.25, -0.2) is 4.98 Å². The zero-order chi connectivity index (χ0) is 21.0. The number of aryl methyl sites for hydroxylation is 1. The van der Waals surface area contributed by atoms with Crippen LogP contribution in [0.2, 0.25) is 10.0 Å². The summed E-state index contributed by atoms with van der Waals surface area (Å²) < 4.78 is 5.68. The topological polar surface area (TPSA) is 75.4 Å². The standard InChI is InChI=1S/C20H19Cl2N3O3S/c1-3-25(11-17(26)24-19-13(21)6-4-7-14(19)22)18(27)10-15-12(2)28-20(23-15)16-8-5-9-29-16/h4-9H,3,10-11H2,1-2H3,(H,24,26). The van der Waals surface area contributed by atoms with Crippen LogP contribution < -0.4 is 5.32 Å². The van der Waals surface area contributed by atoms with Crippen LogP contribution in [0, 0.1) is 6.92 Å². The summed E-state index contributed by atoms with van der Waals surface area (Å²) >= 11 is 13.7. The van der Waals surface area contributed by atoms with E-state index < -0.39 is 0 Å². The zero-order valence-electron chi connectivity index (χ0n) is 15.9. The third-order valence-corrected chi connectivity index (χ3v) is 5.73. The van der Waals surface area contributed by atoms with Crippen molar-refractivity contribution in [1.29, 1.82) is 0 Å². The number of thiophene rings is 1. The molecule has 29 heavy (non-hydrogen) atoms. The number of para-hydroxylation sites is 1. The van der Waals surface area contributed by atoms with Crippen molar-refractivity contribution in [3.63, 3.8) is 0 Å². The predicted molar refractivity (Wildman–Crippen MR) is 116 cm³/mol. The Hall–Kier alpha value is -2.35. The molecule has 3 rings (SSSR count). The fourth-order valence-electron chi connectivity index (χ4n) is 2.70. The number of aromatic nitrogens is 1. The van der Waals surface area contributed by atoms with Gasteiger partial charge >= 0.3 is 0 Å². The summed E-state index contributed by atoms with van der Waals surface area (Å²) in [6.45, 7) is 3.83. The van der Waals surface area contributed by atoms with E-state index in [9.17, 15) is 9.59 Å². The Morgan fingerprint density at radius 2 is 1.93 bits per heavy atom. The molecule has 0 aliphatic rings. The molecular weight excluding hydrogens is 433 g/mol. The summed E-state index contributed by atoms with van der Waals surface area (Å²) in [4.78, 5) is 31.9. The fraction of sp³-hybridized carbons (Fsp3) is 0.250. The van der Waals surface area contributed by atoms with E-state index in [2.05, 4.69) is 10.3 Å². The lowest BCUT2D eigenvalue weighted by atomic mass is 10.2. The average Bonchev–Trinajstić information content (AvgIpc) is 3.33. The van der Waals surface area contributed by atoms with Crippen LogP contribution >= 0.6 is 34.5 Å². The van der Waals surface area contributed by atoms with Crippen LogP contribution in [0.25, 0.3) is 10.8 Å². The van der Waals surface area contributed by atoms with E-state index in [1.165, 1.54) is 16.2 Å². The highest BCUT2D eigenvalue weighted by atomic mass is 35.5. The Morgan fingerprint density at radius 1 is 1.21 bits per heavy atom. The molecule has 0 fully saturated rings. The number of carbonyl (C=O) groups is 2. The maximum atomic E-state index is 12.7. The molecule has 2 aromatic heterocycles. The van der Waals surface area contributed by atoms with Gasteiger partial charge in [0.1, 0.15) is 5.76 Å². The van der Waals surface area contributed by atoms with E-state index in [4.69, 9.17) is 27.6 Å². The number of amides is 2. The Kier molecular flexibility index (Phi) is 6.95.